The summed E-state index contributed by atoms with van der Waals surface area (Å²) in [5.41, 5.74) is 0. The van der Waals surface area contributed by atoms with E-state index in [0.717, 1.165) is 27.5 Å². The molecule has 3 aromatic rings. The average Bonchev–Trinajstić information content (AvgIpc) is 2.71. The smallest absolute Gasteiger partial charge is 0.207 e. The van der Waals surface area contributed by atoms with E-state index in [0.29, 0.717) is 6.54 Å². The van der Waals surface area contributed by atoms with Crippen molar-refractivity contribution in [1.29, 1.82) is 0 Å². The Kier molecular flexibility index (Phi) is 6.37. The minimum atomic E-state index is -3.68. The fourth-order valence-corrected chi connectivity index (χ4v) is 10.9. The first-order chi connectivity index (χ1) is 13.1. The van der Waals surface area contributed by atoms with Gasteiger partial charge in [-0.1, -0.05) is 67.9 Å². The van der Waals surface area contributed by atoms with Crippen molar-refractivity contribution in [2.45, 2.75) is 34.5 Å². The van der Waals surface area contributed by atoms with Gasteiger partial charge in [0, 0.05) is 21.2 Å². The molecule has 0 aliphatic heterocycles. The van der Waals surface area contributed by atoms with Gasteiger partial charge >= 0.3 is 0 Å². The van der Waals surface area contributed by atoms with E-state index >= 15 is 0 Å². The molecule has 0 spiro atoms. The predicted molar refractivity (Wildman–Crippen MR) is 114 cm³/mol. The Morgan fingerprint density at radius 2 is 1.04 bits per heavy atom. The minimum Gasteiger partial charge on any atom is -0.207 e. The number of unbranched alkanes of at least 4 members (excludes halogenated alkanes) is 1. The lowest BCUT2D eigenvalue weighted by molar-refractivity contribution is 0.592. The first kappa shape index (κ1) is 19.7. The molecule has 0 bridgehead atoms. The topological polar surface area (TPSA) is 46.2 Å². The highest BCUT2D eigenvalue weighted by atomic mass is 33.2. The minimum absolute atomic E-state index is 0.445. The lowest BCUT2D eigenvalue weighted by atomic mass is 10.3. The monoisotopic (exact) mass is 399 g/mol. The van der Waals surface area contributed by atoms with Crippen LogP contribution in [0, 0.1) is 0 Å². The Morgan fingerprint density at radius 1 is 0.667 bits per heavy atom. The van der Waals surface area contributed by atoms with Crippen LogP contribution in [0.2, 0.25) is 0 Å². The van der Waals surface area contributed by atoms with Crippen LogP contribution in [0.4, 0.5) is 0 Å². The van der Waals surface area contributed by atoms with Gasteiger partial charge in [-0.2, -0.15) is 0 Å². The van der Waals surface area contributed by atoms with Crippen LogP contribution in [-0.4, -0.2) is 15.0 Å². The Labute approximate surface area is 163 Å². The molecular formula is C22H25NO2S2. The highest BCUT2D eigenvalue weighted by molar-refractivity contribution is 8.89. The van der Waals surface area contributed by atoms with Gasteiger partial charge in [0.2, 0.25) is 0 Å². The molecule has 0 atom stereocenters. The Bertz CT molecular complexity index is 847. The third-order valence-corrected chi connectivity index (χ3v) is 12.4. The Hall–Kier alpha value is -2.08. The van der Waals surface area contributed by atoms with Gasteiger partial charge in [0.05, 0.1) is 0 Å². The second-order valence-corrected chi connectivity index (χ2v) is 12.7. The maximum absolute atomic E-state index is 13.9. The van der Waals surface area contributed by atoms with E-state index in [-0.39, 0.29) is 0 Å². The summed E-state index contributed by atoms with van der Waals surface area (Å²) < 4.78 is 30.6. The van der Waals surface area contributed by atoms with Crippen molar-refractivity contribution >= 4 is 18.1 Å². The van der Waals surface area contributed by atoms with Gasteiger partial charge in [0.25, 0.3) is 9.06 Å². The zero-order valence-corrected chi connectivity index (χ0v) is 17.0. The van der Waals surface area contributed by atoms with Crippen LogP contribution in [0.15, 0.2) is 106 Å². The lowest BCUT2D eigenvalue weighted by Gasteiger charge is -2.40. The summed E-state index contributed by atoms with van der Waals surface area (Å²) in [6.07, 6.45) is 1.75. The molecule has 0 fully saturated rings. The van der Waals surface area contributed by atoms with Crippen molar-refractivity contribution in [3.05, 3.63) is 91.0 Å². The normalized spacial score (nSPS) is 12.6. The van der Waals surface area contributed by atoms with Gasteiger partial charge in [-0.25, -0.2) is 13.1 Å². The van der Waals surface area contributed by atoms with Crippen LogP contribution in [0.25, 0.3) is 0 Å². The molecular weight excluding hydrogens is 374 g/mol. The van der Waals surface area contributed by atoms with Crippen molar-refractivity contribution < 1.29 is 8.42 Å². The molecule has 0 saturated heterocycles. The van der Waals surface area contributed by atoms with E-state index < -0.39 is 18.1 Å². The van der Waals surface area contributed by atoms with E-state index in [1.165, 1.54) is 0 Å². The zero-order chi connectivity index (χ0) is 19.2. The quantitative estimate of drug-likeness (QED) is 0.396. The van der Waals surface area contributed by atoms with Crippen molar-refractivity contribution in [2.75, 3.05) is 6.54 Å². The molecule has 0 aliphatic carbocycles. The molecule has 0 heterocycles. The summed E-state index contributed by atoms with van der Waals surface area (Å²) in [5, 5.41) is 0. The number of hydrogen-bond acceptors (Lipinski definition) is 2. The first-order valence-electron chi connectivity index (χ1n) is 9.11. The fraction of sp³-hybridized carbons (Fsp3) is 0.182. The molecule has 27 heavy (non-hydrogen) atoms. The highest BCUT2D eigenvalue weighted by Gasteiger charge is 2.43. The number of nitrogens with one attached hydrogen (secondary N) is 1. The molecule has 0 aliphatic rings. The predicted octanol–water partition coefficient (Wildman–Crippen LogP) is 5.60. The van der Waals surface area contributed by atoms with Crippen molar-refractivity contribution in [3.63, 3.8) is 0 Å². The van der Waals surface area contributed by atoms with Gasteiger partial charge in [-0.15, -0.1) is 0 Å². The molecule has 3 rings (SSSR count). The van der Waals surface area contributed by atoms with Gasteiger partial charge in [-0.05, 0) is 51.9 Å². The van der Waals surface area contributed by atoms with Crippen molar-refractivity contribution in [3.8, 4) is 0 Å². The van der Waals surface area contributed by atoms with Gasteiger partial charge < -0.3 is 0 Å². The molecule has 5 heteroatoms. The summed E-state index contributed by atoms with van der Waals surface area (Å²) in [6, 6.07) is 28.7. The number of benzene rings is 3. The second kappa shape index (κ2) is 8.74. The number of rotatable bonds is 8. The average molecular weight is 400 g/mol. The summed E-state index contributed by atoms with van der Waals surface area (Å²) in [5.74, 6) is 0. The molecule has 0 saturated carbocycles. The van der Waals surface area contributed by atoms with E-state index in [9.17, 15) is 8.42 Å². The number of hydrogen-bond donors (Lipinski definition) is 1. The van der Waals surface area contributed by atoms with E-state index in [1.807, 2.05) is 91.0 Å². The van der Waals surface area contributed by atoms with E-state index in [1.54, 1.807) is 0 Å². The molecule has 0 aromatic heterocycles. The fourth-order valence-electron chi connectivity index (χ4n) is 3.09. The SMILES string of the molecule is CCCCNS(=O)(=O)S(c1ccccc1)(c1ccccc1)c1ccccc1. The summed E-state index contributed by atoms with van der Waals surface area (Å²) in [4.78, 5) is 2.43. The first-order valence-corrected chi connectivity index (χ1v) is 12.7. The molecule has 0 unspecified atom stereocenters. The third kappa shape index (κ3) is 3.81. The standard InChI is InChI=1S/C22H25NO2S2/c1-2-3-19-23-27(24,25)26(20-13-7-4-8-14-20,21-15-9-5-10-16-21)22-17-11-6-12-18-22/h4-18,23H,2-3,19H2,1H3. The summed E-state index contributed by atoms with van der Waals surface area (Å²) >= 11 is 0. The van der Waals surface area contributed by atoms with Crippen molar-refractivity contribution in [2.24, 2.45) is 0 Å². The van der Waals surface area contributed by atoms with Crippen LogP contribution >= 0.6 is 9.06 Å². The van der Waals surface area contributed by atoms with Crippen LogP contribution in [-0.2, 0) is 9.06 Å². The van der Waals surface area contributed by atoms with Crippen LogP contribution in [0.5, 0.6) is 0 Å². The molecule has 0 amide bonds. The third-order valence-electron chi connectivity index (χ3n) is 4.36. The molecule has 0 radical (unpaired) electrons. The lowest BCUT2D eigenvalue weighted by Crippen LogP contribution is -2.30. The summed E-state index contributed by atoms with van der Waals surface area (Å²) in [6.45, 7) is 2.50. The zero-order valence-electron chi connectivity index (χ0n) is 15.4. The Balaban J connectivity index is 2.33. The maximum atomic E-state index is 13.9. The molecule has 3 aromatic carbocycles. The highest BCUT2D eigenvalue weighted by Crippen LogP contribution is 2.71. The van der Waals surface area contributed by atoms with Crippen LogP contribution in [0.3, 0.4) is 0 Å². The van der Waals surface area contributed by atoms with Gasteiger partial charge in [-0.3, -0.25) is 0 Å². The molecule has 142 valence electrons. The Morgan fingerprint density at radius 3 is 1.37 bits per heavy atom. The summed E-state index contributed by atoms with van der Waals surface area (Å²) in [7, 11) is -6.21. The van der Waals surface area contributed by atoms with E-state index in [4.69, 9.17) is 0 Å². The molecule has 3 nitrogen and oxygen atoms in total. The van der Waals surface area contributed by atoms with Crippen LogP contribution < -0.4 is 4.72 Å². The van der Waals surface area contributed by atoms with Crippen molar-refractivity contribution in [1.82, 2.24) is 4.72 Å². The maximum Gasteiger partial charge on any atom is 0.259 e. The second-order valence-electron chi connectivity index (χ2n) is 6.20. The van der Waals surface area contributed by atoms with E-state index in [2.05, 4.69) is 11.6 Å². The van der Waals surface area contributed by atoms with Gasteiger partial charge in [0.1, 0.15) is 0 Å². The van der Waals surface area contributed by atoms with Crippen LogP contribution in [0.1, 0.15) is 19.8 Å². The van der Waals surface area contributed by atoms with Gasteiger partial charge in [0.15, 0.2) is 0 Å². The largest absolute Gasteiger partial charge is 0.259 e. The molecule has 1 N–H and O–H groups in total.